The zero-order valence-corrected chi connectivity index (χ0v) is 20.2. The van der Waals surface area contributed by atoms with Crippen molar-refractivity contribution in [1.29, 1.82) is 0 Å². The van der Waals surface area contributed by atoms with E-state index in [2.05, 4.69) is 10.1 Å². The van der Waals surface area contributed by atoms with Gasteiger partial charge < -0.3 is 14.5 Å². The summed E-state index contributed by atoms with van der Waals surface area (Å²) in [6.45, 7) is 12.5. The fourth-order valence-corrected chi connectivity index (χ4v) is 3.42. The quantitative estimate of drug-likeness (QED) is 0.395. The van der Waals surface area contributed by atoms with Gasteiger partial charge in [0.15, 0.2) is 5.65 Å². The van der Waals surface area contributed by atoms with Gasteiger partial charge in [0.1, 0.15) is 22.6 Å². The number of aryl methyl sites for hydroxylation is 2. The van der Waals surface area contributed by atoms with E-state index in [1.807, 2.05) is 59.7 Å². The van der Waals surface area contributed by atoms with Crippen molar-refractivity contribution in [2.75, 3.05) is 6.61 Å². The number of esters is 1. The van der Waals surface area contributed by atoms with E-state index in [1.165, 1.54) is 6.08 Å². The molecule has 0 unspecified atom stereocenters. The second kappa shape index (κ2) is 10.0. The first kappa shape index (κ1) is 24.2. The van der Waals surface area contributed by atoms with Crippen LogP contribution in [0.2, 0.25) is 0 Å². The van der Waals surface area contributed by atoms with Crippen LogP contribution in [0.3, 0.4) is 0 Å². The molecule has 2 heterocycles. The van der Waals surface area contributed by atoms with Crippen LogP contribution in [0.1, 0.15) is 58.7 Å². The molecule has 0 fully saturated rings. The number of nitrogens with zero attached hydrogens (tertiary/aromatic N) is 3. The molecule has 0 aliphatic rings. The van der Waals surface area contributed by atoms with Crippen LogP contribution in [-0.2, 0) is 16.1 Å². The van der Waals surface area contributed by atoms with Gasteiger partial charge >= 0.3 is 5.97 Å². The summed E-state index contributed by atoms with van der Waals surface area (Å²) >= 11 is 0. The zero-order valence-electron chi connectivity index (χ0n) is 20.2. The SMILES string of the molecule is CCCOc1ccc(C=CC(=O)OC(C)(C)C)cc1-c1nc2c(c(C)nn2CCC)c(=O)[nH]1. The Morgan fingerprint density at radius 1 is 1.21 bits per heavy atom. The molecule has 1 N–H and O–H groups in total. The second-order valence-electron chi connectivity index (χ2n) is 8.89. The van der Waals surface area contributed by atoms with E-state index in [0.29, 0.717) is 47.0 Å². The normalized spacial score (nSPS) is 11.9. The standard InChI is InChI=1S/C25H32N4O4/c1-7-13-29-23-21(16(3)28-29)24(31)27-22(26-23)18-15-17(9-11-19(18)32-14-8-2)10-12-20(30)33-25(4,5)6/h9-12,15H,7-8,13-14H2,1-6H3,(H,26,27,31). The lowest BCUT2D eigenvalue weighted by Gasteiger charge is -2.17. The molecule has 3 aromatic rings. The fourth-order valence-electron chi connectivity index (χ4n) is 3.42. The molecule has 0 atom stereocenters. The Morgan fingerprint density at radius 2 is 1.97 bits per heavy atom. The number of hydrogen-bond donors (Lipinski definition) is 1. The Kier molecular flexibility index (Phi) is 7.36. The van der Waals surface area contributed by atoms with Gasteiger partial charge in [-0.25, -0.2) is 14.5 Å². The molecule has 0 saturated heterocycles. The molecule has 176 valence electrons. The Bertz CT molecular complexity index is 1230. The highest BCUT2D eigenvalue weighted by Crippen LogP contribution is 2.30. The highest BCUT2D eigenvalue weighted by Gasteiger charge is 2.18. The number of hydrogen-bond acceptors (Lipinski definition) is 6. The Morgan fingerprint density at radius 3 is 2.64 bits per heavy atom. The van der Waals surface area contributed by atoms with Crippen molar-refractivity contribution < 1.29 is 14.3 Å². The van der Waals surface area contributed by atoms with Crippen LogP contribution >= 0.6 is 0 Å². The van der Waals surface area contributed by atoms with E-state index in [4.69, 9.17) is 14.5 Å². The van der Waals surface area contributed by atoms with Crippen molar-refractivity contribution in [3.63, 3.8) is 0 Å². The van der Waals surface area contributed by atoms with Gasteiger partial charge in [0.05, 0.1) is 17.9 Å². The van der Waals surface area contributed by atoms with Gasteiger partial charge in [-0.2, -0.15) is 5.10 Å². The van der Waals surface area contributed by atoms with Gasteiger partial charge in [0.2, 0.25) is 0 Å². The molecule has 0 aliphatic carbocycles. The van der Waals surface area contributed by atoms with E-state index < -0.39 is 11.6 Å². The molecule has 0 spiro atoms. The van der Waals surface area contributed by atoms with Crippen LogP contribution < -0.4 is 10.3 Å². The largest absolute Gasteiger partial charge is 0.493 e. The summed E-state index contributed by atoms with van der Waals surface area (Å²) < 4.78 is 13.0. The smallest absolute Gasteiger partial charge is 0.331 e. The van der Waals surface area contributed by atoms with Gasteiger partial charge in [-0.15, -0.1) is 0 Å². The second-order valence-corrected chi connectivity index (χ2v) is 8.89. The molecule has 0 radical (unpaired) electrons. The van der Waals surface area contributed by atoms with E-state index in [-0.39, 0.29) is 5.56 Å². The summed E-state index contributed by atoms with van der Waals surface area (Å²) in [5.41, 5.74) is 1.77. The zero-order chi connectivity index (χ0) is 24.2. The molecule has 8 nitrogen and oxygen atoms in total. The molecule has 3 rings (SSSR count). The van der Waals surface area contributed by atoms with Gasteiger partial charge in [-0.05, 0) is 64.3 Å². The molecule has 0 aliphatic heterocycles. The summed E-state index contributed by atoms with van der Waals surface area (Å²) in [5.74, 6) is 0.567. The first-order chi connectivity index (χ1) is 15.6. The van der Waals surface area contributed by atoms with Gasteiger partial charge in [-0.1, -0.05) is 19.9 Å². The van der Waals surface area contributed by atoms with E-state index in [1.54, 1.807) is 10.8 Å². The maximum atomic E-state index is 12.9. The number of carbonyl (C=O) groups excluding carboxylic acids is 1. The number of benzene rings is 1. The molecular formula is C25H32N4O4. The van der Waals surface area contributed by atoms with Crippen LogP contribution in [0.15, 0.2) is 29.1 Å². The van der Waals surface area contributed by atoms with Gasteiger partial charge in [0.25, 0.3) is 5.56 Å². The number of nitrogens with one attached hydrogen (secondary N) is 1. The molecule has 0 bridgehead atoms. The van der Waals surface area contributed by atoms with Crippen molar-refractivity contribution in [2.24, 2.45) is 0 Å². The minimum Gasteiger partial charge on any atom is -0.493 e. The lowest BCUT2D eigenvalue weighted by atomic mass is 10.1. The minimum absolute atomic E-state index is 0.244. The van der Waals surface area contributed by atoms with Gasteiger partial charge in [-0.3, -0.25) is 4.79 Å². The Balaban J connectivity index is 2.08. The van der Waals surface area contributed by atoms with Crippen molar-refractivity contribution in [3.05, 3.63) is 45.9 Å². The number of aromatic nitrogens is 4. The lowest BCUT2D eigenvalue weighted by Crippen LogP contribution is -2.22. The number of H-pyrrole nitrogens is 1. The molecule has 0 amide bonds. The summed E-state index contributed by atoms with van der Waals surface area (Å²) in [7, 11) is 0. The Labute approximate surface area is 193 Å². The van der Waals surface area contributed by atoms with Gasteiger partial charge in [0, 0.05) is 12.6 Å². The first-order valence-corrected chi connectivity index (χ1v) is 11.3. The molecule has 33 heavy (non-hydrogen) atoms. The number of carbonyl (C=O) groups is 1. The molecule has 1 aromatic carbocycles. The monoisotopic (exact) mass is 452 g/mol. The molecule has 8 heteroatoms. The van der Waals surface area contributed by atoms with Crippen molar-refractivity contribution in [2.45, 2.75) is 66.5 Å². The highest BCUT2D eigenvalue weighted by molar-refractivity contribution is 5.88. The van der Waals surface area contributed by atoms with Crippen LogP contribution in [0.25, 0.3) is 28.5 Å². The third-order valence-corrected chi connectivity index (χ3v) is 4.75. The third kappa shape index (κ3) is 5.88. The number of rotatable bonds is 8. The average Bonchev–Trinajstić information content (AvgIpc) is 3.05. The highest BCUT2D eigenvalue weighted by atomic mass is 16.6. The number of fused-ring (bicyclic) bond motifs is 1. The predicted molar refractivity (Wildman–Crippen MR) is 129 cm³/mol. The molecule has 0 saturated carbocycles. The van der Waals surface area contributed by atoms with E-state index in [9.17, 15) is 9.59 Å². The minimum atomic E-state index is -0.567. The Hall–Kier alpha value is -3.42. The fraction of sp³-hybridized carbons (Fsp3) is 0.440. The third-order valence-electron chi connectivity index (χ3n) is 4.75. The summed E-state index contributed by atoms with van der Waals surface area (Å²) in [5, 5.41) is 4.97. The van der Waals surface area contributed by atoms with Crippen molar-refractivity contribution in [1.82, 2.24) is 19.7 Å². The molecule has 2 aromatic heterocycles. The summed E-state index contributed by atoms with van der Waals surface area (Å²) in [4.78, 5) is 32.6. The number of ether oxygens (including phenoxy) is 2. The topological polar surface area (TPSA) is 99.1 Å². The first-order valence-electron chi connectivity index (χ1n) is 11.3. The van der Waals surface area contributed by atoms with Crippen molar-refractivity contribution in [3.8, 4) is 17.1 Å². The number of aromatic amines is 1. The van der Waals surface area contributed by atoms with E-state index >= 15 is 0 Å². The van der Waals surface area contributed by atoms with E-state index in [0.717, 1.165) is 18.4 Å². The molecular weight excluding hydrogens is 420 g/mol. The summed E-state index contributed by atoms with van der Waals surface area (Å²) in [6, 6.07) is 5.50. The maximum Gasteiger partial charge on any atom is 0.331 e. The van der Waals surface area contributed by atoms with Crippen molar-refractivity contribution >= 4 is 23.1 Å². The average molecular weight is 453 g/mol. The summed E-state index contributed by atoms with van der Waals surface area (Å²) in [6.07, 6.45) is 4.76. The lowest BCUT2D eigenvalue weighted by molar-refractivity contribution is -0.148. The maximum absolute atomic E-state index is 12.9. The van der Waals surface area contributed by atoms with Crippen LogP contribution in [0.5, 0.6) is 5.75 Å². The van der Waals surface area contributed by atoms with Crippen LogP contribution in [-0.4, -0.2) is 37.9 Å². The van der Waals surface area contributed by atoms with Crippen LogP contribution in [0, 0.1) is 6.92 Å². The predicted octanol–water partition coefficient (Wildman–Crippen LogP) is 4.65. The van der Waals surface area contributed by atoms with Crippen LogP contribution in [0.4, 0.5) is 0 Å².